The summed E-state index contributed by atoms with van der Waals surface area (Å²) >= 11 is 0. The standard InChI is InChI=1S/C9H21N.C7H16/c1-2-3-4-5-6-7-8-9-10;1-3-5-7-6-4-2/h2-10H2,1H3;3-7H2,1-2H3. The summed E-state index contributed by atoms with van der Waals surface area (Å²) < 4.78 is 0. The fraction of sp³-hybridized carbons (Fsp3) is 1.00. The summed E-state index contributed by atoms with van der Waals surface area (Å²) in [5, 5.41) is 0. The average molecular weight is 243 g/mol. The van der Waals surface area contributed by atoms with E-state index in [0.29, 0.717) is 0 Å². The van der Waals surface area contributed by atoms with Gasteiger partial charge in [0.2, 0.25) is 0 Å². The van der Waals surface area contributed by atoms with Crippen molar-refractivity contribution in [1.82, 2.24) is 0 Å². The second-order valence-corrected chi connectivity index (χ2v) is 4.97. The Morgan fingerprint density at radius 2 is 0.765 bits per heavy atom. The van der Waals surface area contributed by atoms with Crippen LogP contribution in [0.2, 0.25) is 0 Å². The molecule has 0 aromatic carbocycles. The van der Waals surface area contributed by atoms with Crippen molar-refractivity contribution in [2.24, 2.45) is 5.73 Å². The van der Waals surface area contributed by atoms with E-state index in [9.17, 15) is 0 Å². The number of nitrogens with two attached hydrogens (primary N) is 1. The van der Waals surface area contributed by atoms with Crippen molar-refractivity contribution in [1.29, 1.82) is 0 Å². The Balaban J connectivity index is 0. The molecule has 0 saturated heterocycles. The van der Waals surface area contributed by atoms with E-state index in [4.69, 9.17) is 5.73 Å². The van der Waals surface area contributed by atoms with Crippen LogP contribution >= 0.6 is 0 Å². The molecule has 0 atom stereocenters. The van der Waals surface area contributed by atoms with Crippen LogP contribution in [-0.4, -0.2) is 6.54 Å². The molecule has 0 aliphatic rings. The Morgan fingerprint density at radius 3 is 1.12 bits per heavy atom. The maximum Gasteiger partial charge on any atom is -0.00773 e. The molecule has 1 heteroatoms. The molecular weight excluding hydrogens is 206 g/mol. The molecule has 0 fully saturated rings. The monoisotopic (exact) mass is 243 g/mol. The number of hydrogen-bond donors (Lipinski definition) is 1. The zero-order valence-corrected chi connectivity index (χ0v) is 12.8. The van der Waals surface area contributed by atoms with Crippen molar-refractivity contribution in [2.75, 3.05) is 6.54 Å². The summed E-state index contributed by atoms with van der Waals surface area (Å²) in [6, 6.07) is 0. The van der Waals surface area contributed by atoms with Crippen molar-refractivity contribution in [3.05, 3.63) is 0 Å². The molecule has 1 nitrogen and oxygen atoms in total. The van der Waals surface area contributed by atoms with Crippen LogP contribution in [0, 0.1) is 0 Å². The molecule has 0 aromatic rings. The third kappa shape index (κ3) is 25.9. The van der Waals surface area contributed by atoms with Crippen LogP contribution in [0.15, 0.2) is 0 Å². The summed E-state index contributed by atoms with van der Waals surface area (Å²) in [5.41, 5.74) is 5.37. The first-order valence-corrected chi connectivity index (χ1v) is 8.03. The smallest absolute Gasteiger partial charge is 0.00773 e. The van der Waals surface area contributed by atoms with Gasteiger partial charge in [-0.15, -0.1) is 0 Å². The van der Waals surface area contributed by atoms with Crippen LogP contribution in [0.5, 0.6) is 0 Å². The highest BCUT2D eigenvalue weighted by molar-refractivity contribution is 4.44. The van der Waals surface area contributed by atoms with Crippen molar-refractivity contribution in [2.45, 2.75) is 97.8 Å². The molecule has 0 aliphatic carbocycles. The van der Waals surface area contributed by atoms with Gasteiger partial charge in [-0.2, -0.15) is 0 Å². The fourth-order valence-electron chi connectivity index (χ4n) is 1.78. The SMILES string of the molecule is CCCCCCC.CCCCCCCCCN. The van der Waals surface area contributed by atoms with Crippen molar-refractivity contribution >= 4 is 0 Å². The van der Waals surface area contributed by atoms with Crippen LogP contribution in [0.1, 0.15) is 97.8 Å². The normalized spacial score (nSPS) is 9.88. The van der Waals surface area contributed by atoms with Crippen LogP contribution in [0.3, 0.4) is 0 Å². The number of rotatable bonds is 11. The summed E-state index contributed by atoms with van der Waals surface area (Å²) in [5.74, 6) is 0. The lowest BCUT2D eigenvalue weighted by molar-refractivity contribution is 0.593. The molecule has 0 aliphatic heterocycles. The lowest BCUT2D eigenvalue weighted by atomic mass is 10.1. The zero-order valence-electron chi connectivity index (χ0n) is 12.8. The largest absolute Gasteiger partial charge is 0.330 e. The number of hydrogen-bond acceptors (Lipinski definition) is 1. The van der Waals surface area contributed by atoms with E-state index in [1.807, 2.05) is 0 Å². The minimum Gasteiger partial charge on any atom is -0.330 e. The molecule has 0 unspecified atom stereocenters. The zero-order chi connectivity index (χ0) is 13.2. The van der Waals surface area contributed by atoms with Gasteiger partial charge in [0.15, 0.2) is 0 Å². The van der Waals surface area contributed by atoms with Crippen molar-refractivity contribution < 1.29 is 0 Å². The molecule has 2 N–H and O–H groups in total. The van der Waals surface area contributed by atoms with Gasteiger partial charge in [-0.1, -0.05) is 91.4 Å². The van der Waals surface area contributed by atoms with E-state index in [-0.39, 0.29) is 0 Å². The average Bonchev–Trinajstić information content (AvgIpc) is 2.35. The van der Waals surface area contributed by atoms with Gasteiger partial charge >= 0.3 is 0 Å². The Labute approximate surface area is 111 Å². The minimum atomic E-state index is 0.869. The van der Waals surface area contributed by atoms with Gasteiger partial charge in [-0.25, -0.2) is 0 Å². The van der Waals surface area contributed by atoms with E-state index in [1.165, 1.54) is 77.0 Å². The van der Waals surface area contributed by atoms with Gasteiger partial charge in [0.1, 0.15) is 0 Å². The highest BCUT2D eigenvalue weighted by Crippen LogP contribution is 2.05. The molecule has 17 heavy (non-hydrogen) atoms. The first-order chi connectivity index (χ1) is 8.33. The minimum absolute atomic E-state index is 0.869. The van der Waals surface area contributed by atoms with Crippen LogP contribution in [-0.2, 0) is 0 Å². The molecule has 0 heterocycles. The molecule has 0 aromatic heterocycles. The van der Waals surface area contributed by atoms with Crippen LogP contribution in [0.4, 0.5) is 0 Å². The van der Waals surface area contributed by atoms with Crippen LogP contribution < -0.4 is 5.73 Å². The van der Waals surface area contributed by atoms with E-state index in [0.717, 1.165) is 6.54 Å². The van der Waals surface area contributed by atoms with Crippen molar-refractivity contribution in [3.8, 4) is 0 Å². The van der Waals surface area contributed by atoms with E-state index < -0.39 is 0 Å². The lowest BCUT2D eigenvalue weighted by Gasteiger charge is -1.97. The third-order valence-electron chi connectivity index (χ3n) is 3.01. The maximum atomic E-state index is 5.37. The molecule has 0 saturated carbocycles. The Kier molecular flexibility index (Phi) is 24.1. The van der Waals surface area contributed by atoms with Gasteiger partial charge in [0.05, 0.1) is 0 Å². The maximum absolute atomic E-state index is 5.37. The van der Waals surface area contributed by atoms with Crippen LogP contribution in [0.25, 0.3) is 0 Å². The van der Waals surface area contributed by atoms with Gasteiger partial charge in [-0.3, -0.25) is 0 Å². The molecular formula is C16H37N. The molecule has 0 amide bonds. The second-order valence-electron chi connectivity index (χ2n) is 4.97. The van der Waals surface area contributed by atoms with E-state index >= 15 is 0 Å². The predicted octanol–water partition coefficient (Wildman–Crippen LogP) is 5.67. The topological polar surface area (TPSA) is 26.0 Å². The van der Waals surface area contributed by atoms with Gasteiger partial charge in [0.25, 0.3) is 0 Å². The third-order valence-corrected chi connectivity index (χ3v) is 3.01. The fourth-order valence-corrected chi connectivity index (χ4v) is 1.78. The summed E-state index contributed by atoms with van der Waals surface area (Å²) in [6.45, 7) is 7.61. The van der Waals surface area contributed by atoms with Gasteiger partial charge < -0.3 is 5.73 Å². The Morgan fingerprint density at radius 1 is 0.471 bits per heavy atom. The quantitative estimate of drug-likeness (QED) is 0.465. The summed E-state index contributed by atoms with van der Waals surface area (Å²) in [7, 11) is 0. The number of unbranched alkanes of at least 4 members (excludes halogenated alkanes) is 10. The molecule has 0 spiro atoms. The Hall–Kier alpha value is -0.0400. The Bertz CT molecular complexity index is 89.7. The first-order valence-electron chi connectivity index (χ1n) is 8.03. The van der Waals surface area contributed by atoms with E-state index in [1.54, 1.807) is 0 Å². The summed E-state index contributed by atoms with van der Waals surface area (Å²) in [6.07, 6.45) is 16.5. The second kappa shape index (κ2) is 21.3. The predicted molar refractivity (Wildman–Crippen MR) is 81.5 cm³/mol. The van der Waals surface area contributed by atoms with Gasteiger partial charge in [-0.05, 0) is 13.0 Å². The van der Waals surface area contributed by atoms with Crippen molar-refractivity contribution in [3.63, 3.8) is 0 Å². The van der Waals surface area contributed by atoms with Gasteiger partial charge in [0, 0.05) is 0 Å². The highest BCUT2D eigenvalue weighted by atomic mass is 14.5. The molecule has 0 bridgehead atoms. The van der Waals surface area contributed by atoms with E-state index in [2.05, 4.69) is 20.8 Å². The molecule has 106 valence electrons. The summed E-state index contributed by atoms with van der Waals surface area (Å²) in [4.78, 5) is 0. The first kappa shape index (κ1) is 19.3. The molecule has 0 radical (unpaired) electrons. The molecule has 0 rings (SSSR count). The highest BCUT2D eigenvalue weighted by Gasteiger charge is 1.87. The lowest BCUT2D eigenvalue weighted by Crippen LogP contribution is -1.97.